The van der Waals surface area contributed by atoms with Gasteiger partial charge in [0.05, 0.1) is 25.4 Å². The van der Waals surface area contributed by atoms with Crippen LogP contribution in [0.3, 0.4) is 0 Å². The van der Waals surface area contributed by atoms with Gasteiger partial charge in [-0.3, -0.25) is 4.79 Å². The fourth-order valence-electron chi connectivity index (χ4n) is 3.60. The van der Waals surface area contributed by atoms with Crippen molar-refractivity contribution in [2.45, 2.75) is 37.2 Å². The number of benzene rings is 1. The number of amides is 1. The van der Waals surface area contributed by atoms with Crippen molar-refractivity contribution < 1.29 is 22.7 Å². The summed E-state index contributed by atoms with van der Waals surface area (Å²) in [4.78, 5) is 16.7. The van der Waals surface area contributed by atoms with Crippen molar-refractivity contribution in [2.24, 2.45) is 5.92 Å². The zero-order valence-electron chi connectivity index (χ0n) is 17.4. The van der Waals surface area contributed by atoms with Crippen molar-refractivity contribution in [3.8, 4) is 11.5 Å². The number of carbonyl (C=O) groups excluding carboxylic acids is 1. The number of carbonyl (C=O) groups is 1. The molecule has 1 amide bonds. The molecule has 0 bridgehead atoms. The second-order valence-corrected chi connectivity index (χ2v) is 9.30. The second-order valence-electron chi connectivity index (χ2n) is 7.36. The average molecular weight is 437 g/mol. The maximum Gasteiger partial charge on any atom is 0.243 e. The Hall–Kier alpha value is -2.59. The van der Waals surface area contributed by atoms with Gasteiger partial charge in [-0.05, 0) is 31.9 Å². The predicted octanol–water partition coefficient (Wildman–Crippen LogP) is 1.51. The quantitative estimate of drug-likeness (QED) is 0.673. The third-order valence-electron chi connectivity index (χ3n) is 5.25. The highest BCUT2D eigenvalue weighted by atomic mass is 32.2. The Bertz CT molecular complexity index is 954. The van der Waals surface area contributed by atoms with Crippen LogP contribution < -0.4 is 14.8 Å². The van der Waals surface area contributed by atoms with Crippen molar-refractivity contribution in [3.05, 3.63) is 36.9 Å². The number of ether oxygens (including phenoxy) is 2. The molecule has 1 fully saturated rings. The van der Waals surface area contributed by atoms with Crippen LogP contribution in [0.15, 0.2) is 41.8 Å². The van der Waals surface area contributed by atoms with Crippen LogP contribution in [0.1, 0.15) is 19.8 Å². The minimum atomic E-state index is -3.67. The summed E-state index contributed by atoms with van der Waals surface area (Å²) in [5.74, 6) is 0.592. The number of hydrogen-bond donors (Lipinski definition) is 1. The van der Waals surface area contributed by atoms with Crippen molar-refractivity contribution in [1.29, 1.82) is 0 Å². The standard InChI is InChI=1S/C20H28N4O5S/c1-15(13-23-11-8-21-14-23)22-20(25)16-6-9-24(10-7-16)30(26,27)17-4-5-18(28-2)19(12-17)29-3/h4-5,8,11-12,14-16H,6-7,9-10,13H2,1-3H3,(H,22,25)/t15-/m1/s1. The van der Waals surface area contributed by atoms with Crippen LogP contribution in [0.4, 0.5) is 0 Å². The van der Waals surface area contributed by atoms with Gasteiger partial charge in [0.2, 0.25) is 15.9 Å². The molecule has 164 valence electrons. The number of aromatic nitrogens is 2. The minimum Gasteiger partial charge on any atom is -0.493 e. The predicted molar refractivity (Wildman–Crippen MR) is 111 cm³/mol. The van der Waals surface area contributed by atoms with E-state index in [1.807, 2.05) is 17.7 Å². The second kappa shape index (κ2) is 9.48. The van der Waals surface area contributed by atoms with Crippen LogP contribution in [0.2, 0.25) is 0 Å². The summed E-state index contributed by atoms with van der Waals surface area (Å²) in [5, 5.41) is 3.01. The number of nitrogens with zero attached hydrogens (tertiary/aromatic N) is 3. The zero-order chi connectivity index (χ0) is 21.7. The molecule has 0 radical (unpaired) electrons. The lowest BCUT2D eigenvalue weighted by Gasteiger charge is -2.31. The molecule has 1 atom stereocenters. The first-order valence-electron chi connectivity index (χ1n) is 9.83. The van der Waals surface area contributed by atoms with Gasteiger partial charge in [-0.2, -0.15) is 4.31 Å². The van der Waals surface area contributed by atoms with Gasteiger partial charge < -0.3 is 19.4 Å². The van der Waals surface area contributed by atoms with Crippen LogP contribution in [-0.4, -0.2) is 61.5 Å². The first kappa shape index (κ1) is 22.1. The number of nitrogens with one attached hydrogen (secondary N) is 1. The van der Waals surface area contributed by atoms with Crippen LogP contribution in [-0.2, 0) is 21.4 Å². The van der Waals surface area contributed by atoms with E-state index in [9.17, 15) is 13.2 Å². The van der Waals surface area contributed by atoms with Gasteiger partial charge in [-0.25, -0.2) is 13.4 Å². The van der Waals surface area contributed by atoms with Gasteiger partial charge in [0.1, 0.15) is 0 Å². The Morgan fingerprint density at radius 1 is 1.23 bits per heavy atom. The zero-order valence-corrected chi connectivity index (χ0v) is 18.3. The molecule has 0 saturated carbocycles. The van der Waals surface area contributed by atoms with Crippen molar-refractivity contribution in [3.63, 3.8) is 0 Å². The first-order chi connectivity index (χ1) is 14.3. The highest BCUT2D eigenvalue weighted by molar-refractivity contribution is 7.89. The maximum absolute atomic E-state index is 13.0. The van der Waals surface area contributed by atoms with Gasteiger partial charge in [0.25, 0.3) is 0 Å². The van der Waals surface area contributed by atoms with Gasteiger partial charge in [-0.15, -0.1) is 0 Å². The minimum absolute atomic E-state index is 0.0363. The lowest BCUT2D eigenvalue weighted by atomic mass is 9.97. The molecule has 3 rings (SSSR count). The molecule has 0 spiro atoms. The Labute approximate surface area is 177 Å². The fraction of sp³-hybridized carbons (Fsp3) is 0.500. The van der Waals surface area contributed by atoms with Crippen molar-refractivity contribution in [1.82, 2.24) is 19.2 Å². The van der Waals surface area contributed by atoms with Crippen LogP contribution in [0.25, 0.3) is 0 Å². The van der Waals surface area contributed by atoms with Gasteiger partial charge in [-0.1, -0.05) is 0 Å². The summed E-state index contributed by atoms with van der Waals surface area (Å²) >= 11 is 0. The molecule has 0 aliphatic carbocycles. The number of methoxy groups -OCH3 is 2. The summed E-state index contributed by atoms with van der Waals surface area (Å²) < 4.78 is 39.7. The van der Waals surface area contributed by atoms with E-state index >= 15 is 0 Å². The number of rotatable bonds is 8. The Kier molecular flexibility index (Phi) is 6.99. The van der Waals surface area contributed by atoms with E-state index in [2.05, 4.69) is 10.3 Å². The Morgan fingerprint density at radius 3 is 2.53 bits per heavy atom. The summed E-state index contributed by atoms with van der Waals surface area (Å²) in [6.07, 6.45) is 6.22. The lowest BCUT2D eigenvalue weighted by Crippen LogP contribution is -2.45. The van der Waals surface area contributed by atoms with E-state index in [0.29, 0.717) is 44.0 Å². The first-order valence-corrected chi connectivity index (χ1v) is 11.3. The van der Waals surface area contributed by atoms with Gasteiger partial charge >= 0.3 is 0 Å². The lowest BCUT2D eigenvalue weighted by molar-refractivity contribution is -0.126. The van der Waals surface area contributed by atoms with Crippen LogP contribution in [0, 0.1) is 5.92 Å². The normalized spacial score (nSPS) is 16.8. The number of imidazole rings is 1. The molecule has 1 aromatic heterocycles. The number of piperidine rings is 1. The molecular formula is C20H28N4O5S. The van der Waals surface area contributed by atoms with E-state index < -0.39 is 10.0 Å². The van der Waals surface area contributed by atoms with E-state index in [0.717, 1.165) is 0 Å². The Balaban J connectivity index is 1.58. The SMILES string of the molecule is COc1ccc(S(=O)(=O)N2CCC(C(=O)N[C@H](C)Cn3ccnc3)CC2)cc1OC. The molecule has 1 aromatic carbocycles. The monoisotopic (exact) mass is 436 g/mol. The average Bonchev–Trinajstić information content (AvgIpc) is 3.26. The van der Waals surface area contributed by atoms with E-state index in [1.54, 1.807) is 18.6 Å². The molecule has 30 heavy (non-hydrogen) atoms. The third-order valence-corrected chi connectivity index (χ3v) is 7.14. The third kappa shape index (κ3) is 4.93. The number of sulfonamides is 1. The van der Waals surface area contributed by atoms with E-state index in [4.69, 9.17) is 9.47 Å². The summed E-state index contributed by atoms with van der Waals surface area (Å²) in [6, 6.07) is 4.51. The topological polar surface area (TPSA) is 103 Å². The van der Waals surface area contributed by atoms with E-state index in [-0.39, 0.29) is 22.8 Å². The van der Waals surface area contributed by atoms with Crippen molar-refractivity contribution >= 4 is 15.9 Å². The summed E-state index contributed by atoms with van der Waals surface area (Å²) in [6.45, 7) is 3.17. The molecular weight excluding hydrogens is 408 g/mol. The molecule has 9 nitrogen and oxygen atoms in total. The smallest absolute Gasteiger partial charge is 0.243 e. The molecule has 1 aliphatic heterocycles. The summed E-state index contributed by atoms with van der Waals surface area (Å²) in [7, 11) is -0.708. The molecule has 1 aliphatic rings. The maximum atomic E-state index is 13.0. The van der Waals surface area contributed by atoms with E-state index in [1.165, 1.54) is 30.7 Å². The van der Waals surface area contributed by atoms with Crippen molar-refractivity contribution in [2.75, 3.05) is 27.3 Å². The van der Waals surface area contributed by atoms with Crippen LogP contribution >= 0.6 is 0 Å². The highest BCUT2D eigenvalue weighted by Crippen LogP contribution is 2.32. The van der Waals surface area contributed by atoms with Gasteiger partial charge in [0.15, 0.2) is 11.5 Å². The molecule has 0 unspecified atom stereocenters. The molecule has 10 heteroatoms. The fourth-order valence-corrected chi connectivity index (χ4v) is 5.09. The van der Waals surface area contributed by atoms with Gasteiger partial charge in [0, 0.05) is 50.1 Å². The number of hydrogen-bond acceptors (Lipinski definition) is 6. The van der Waals surface area contributed by atoms with Crippen LogP contribution in [0.5, 0.6) is 11.5 Å². The largest absolute Gasteiger partial charge is 0.493 e. The molecule has 1 saturated heterocycles. The molecule has 1 N–H and O–H groups in total. The highest BCUT2D eigenvalue weighted by Gasteiger charge is 2.33. The molecule has 2 aromatic rings. The Morgan fingerprint density at radius 2 is 1.93 bits per heavy atom. The summed E-state index contributed by atoms with van der Waals surface area (Å²) in [5.41, 5.74) is 0. The molecule has 2 heterocycles.